The number of ketones is 1. The summed E-state index contributed by atoms with van der Waals surface area (Å²) in [6, 6.07) is 11.5. The second-order valence-electron chi connectivity index (χ2n) is 5.19. The number of amides is 1. The third kappa shape index (κ3) is 5.55. The summed E-state index contributed by atoms with van der Waals surface area (Å²) < 4.78 is 5.02. The van der Waals surface area contributed by atoms with E-state index in [1.807, 2.05) is 12.1 Å². The lowest BCUT2D eigenvalue weighted by Crippen LogP contribution is -2.22. The van der Waals surface area contributed by atoms with E-state index in [0.717, 1.165) is 4.88 Å². The van der Waals surface area contributed by atoms with Crippen LogP contribution in [0.4, 0.5) is 0 Å². The molecule has 0 saturated heterocycles. The first-order chi connectivity index (χ1) is 12.0. The summed E-state index contributed by atoms with van der Waals surface area (Å²) in [5.74, 6) is -1.03. The van der Waals surface area contributed by atoms with Gasteiger partial charge in [-0.05, 0) is 36.8 Å². The molecule has 0 unspecified atom stereocenters. The number of Topliss-reactive ketones (excluding diaryl/α,β-unsaturated/α-hetero) is 1. The van der Waals surface area contributed by atoms with Crippen LogP contribution >= 0.6 is 11.3 Å². The van der Waals surface area contributed by atoms with Crippen molar-refractivity contribution in [3.63, 3.8) is 0 Å². The number of carbonyl (C=O) groups is 3. The molecule has 0 radical (unpaired) electrons. The monoisotopic (exact) mass is 356 g/mol. The van der Waals surface area contributed by atoms with Gasteiger partial charge in [0, 0.05) is 18.3 Å². The molecule has 0 fully saturated rings. The fraction of sp³-hybridized carbons (Fsp3) is 0.222. The molecule has 1 amide bonds. The fourth-order valence-electron chi connectivity index (χ4n) is 2.03. The maximum Gasteiger partial charge on any atom is 0.338 e. The van der Waals surface area contributed by atoms with E-state index in [4.69, 9.17) is 10.00 Å². The lowest BCUT2D eigenvalue weighted by atomic mass is 10.1. The van der Waals surface area contributed by atoms with Crippen LogP contribution in [0.1, 0.15) is 37.4 Å². The molecule has 0 aliphatic rings. The molecule has 1 heterocycles. The van der Waals surface area contributed by atoms with Crippen molar-refractivity contribution in [3.05, 3.63) is 57.3 Å². The van der Waals surface area contributed by atoms with Gasteiger partial charge in [0.15, 0.2) is 6.61 Å². The number of hydrogen-bond donors (Lipinski definition) is 1. The third-order valence-corrected chi connectivity index (χ3v) is 4.43. The summed E-state index contributed by atoms with van der Waals surface area (Å²) in [5.41, 5.74) is 0.580. The molecule has 7 heteroatoms. The van der Waals surface area contributed by atoms with Crippen LogP contribution in [0.25, 0.3) is 0 Å². The second-order valence-corrected chi connectivity index (χ2v) is 6.36. The summed E-state index contributed by atoms with van der Waals surface area (Å²) in [4.78, 5) is 36.3. The molecular weight excluding hydrogens is 340 g/mol. The molecule has 0 spiro atoms. The van der Waals surface area contributed by atoms with Crippen LogP contribution in [-0.4, -0.2) is 30.8 Å². The SMILES string of the molecule is CC(=O)NCCc1ccc(C(=O)COC(=O)c2cccc(C#N)c2)s1. The highest BCUT2D eigenvalue weighted by molar-refractivity contribution is 7.14. The first kappa shape index (κ1) is 18.4. The van der Waals surface area contributed by atoms with Gasteiger partial charge >= 0.3 is 5.97 Å². The van der Waals surface area contributed by atoms with E-state index in [0.29, 0.717) is 23.4 Å². The Morgan fingerprint density at radius 1 is 1.24 bits per heavy atom. The average Bonchev–Trinajstić information content (AvgIpc) is 3.08. The number of rotatable bonds is 7. The molecule has 0 aliphatic heterocycles. The van der Waals surface area contributed by atoms with Crippen LogP contribution in [0, 0.1) is 11.3 Å². The topological polar surface area (TPSA) is 96.3 Å². The lowest BCUT2D eigenvalue weighted by molar-refractivity contribution is -0.118. The Balaban J connectivity index is 1.87. The van der Waals surface area contributed by atoms with E-state index in [9.17, 15) is 14.4 Å². The number of nitrogens with one attached hydrogen (secondary N) is 1. The van der Waals surface area contributed by atoms with Crippen molar-refractivity contribution in [2.75, 3.05) is 13.2 Å². The van der Waals surface area contributed by atoms with Gasteiger partial charge in [0.05, 0.1) is 22.1 Å². The highest BCUT2D eigenvalue weighted by Gasteiger charge is 2.14. The maximum atomic E-state index is 12.1. The van der Waals surface area contributed by atoms with Gasteiger partial charge in [0.1, 0.15) is 0 Å². The number of benzene rings is 1. The van der Waals surface area contributed by atoms with E-state index in [2.05, 4.69) is 5.32 Å². The largest absolute Gasteiger partial charge is 0.454 e. The van der Waals surface area contributed by atoms with Gasteiger partial charge in [-0.15, -0.1) is 11.3 Å². The Morgan fingerprint density at radius 3 is 2.76 bits per heavy atom. The van der Waals surface area contributed by atoms with Crippen LogP contribution in [0.2, 0.25) is 0 Å². The Labute approximate surface area is 149 Å². The number of carbonyl (C=O) groups excluding carboxylic acids is 3. The number of hydrogen-bond acceptors (Lipinski definition) is 6. The number of ether oxygens (including phenoxy) is 1. The quantitative estimate of drug-likeness (QED) is 0.607. The molecule has 1 aromatic heterocycles. The molecule has 128 valence electrons. The summed E-state index contributed by atoms with van der Waals surface area (Å²) in [6.07, 6.45) is 0.637. The van der Waals surface area contributed by atoms with Crippen molar-refractivity contribution >= 4 is 29.0 Å². The number of nitrogens with zero attached hydrogens (tertiary/aromatic N) is 1. The van der Waals surface area contributed by atoms with Crippen molar-refractivity contribution in [3.8, 4) is 6.07 Å². The Bertz CT molecular complexity index is 836. The van der Waals surface area contributed by atoms with E-state index >= 15 is 0 Å². The summed E-state index contributed by atoms with van der Waals surface area (Å²) in [5, 5.41) is 11.5. The number of esters is 1. The van der Waals surface area contributed by atoms with E-state index in [1.54, 1.807) is 18.2 Å². The van der Waals surface area contributed by atoms with Gasteiger partial charge in [0.2, 0.25) is 11.7 Å². The first-order valence-electron chi connectivity index (χ1n) is 7.53. The van der Waals surface area contributed by atoms with Crippen LogP contribution < -0.4 is 5.32 Å². The van der Waals surface area contributed by atoms with Gasteiger partial charge < -0.3 is 10.1 Å². The fourth-order valence-corrected chi connectivity index (χ4v) is 2.96. The molecule has 6 nitrogen and oxygen atoms in total. The average molecular weight is 356 g/mol. The van der Waals surface area contributed by atoms with Crippen molar-refractivity contribution < 1.29 is 19.1 Å². The van der Waals surface area contributed by atoms with Gasteiger partial charge in [-0.1, -0.05) is 6.07 Å². The predicted molar refractivity (Wildman–Crippen MR) is 92.5 cm³/mol. The van der Waals surface area contributed by atoms with Gasteiger partial charge in [-0.2, -0.15) is 5.26 Å². The van der Waals surface area contributed by atoms with Gasteiger partial charge in [-0.3, -0.25) is 9.59 Å². The molecule has 0 atom stereocenters. The molecule has 0 aliphatic carbocycles. The van der Waals surface area contributed by atoms with E-state index in [-0.39, 0.29) is 23.9 Å². The zero-order valence-corrected chi connectivity index (χ0v) is 14.4. The Kier molecular flexibility index (Phi) is 6.43. The highest BCUT2D eigenvalue weighted by Crippen LogP contribution is 2.18. The minimum atomic E-state index is -0.645. The Hall–Kier alpha value is -2.98. The molecule has 1 aromatic carbocycles. The number of nitriles is 1. The summed E-state index contributed by atoms with van der Waals surface area (Å²) in [6.45, 7) is 1.60. The molecule has 1 N–H and O–H groups in total. The standard InChI is InChI=1S/C18H16N2O4S/c1-12(21)20-8-7-15-5-6-17(25-15)16(22)11-24-18(23)14-4-2-3-13(9-14)10-19/h2-6,9H,7-8,11H2,1H3,(H,20,21). The van der Waals surface area contributed by atoms with Crippen LogP contribution in [0.5, 0.6) is 0 Å². The maximum absolute atomic E-state index is 12.1. The van der Waals surface area contributed by atoms with Gasteiger partial charge in [0.25, 0.3) is 0 Å². The molecule has 2 aromatic rings. The smallest absolute Gasteiger partial charge is 0.338 e. The van der Waals surface area contributed by atoms with Gasteiger partial charge in [-0.25, -0.2) is 4.79 Å². The van der Waals surface area contributed by atoms with Crippen molar-refractivity contribution in [1.29, 1.82) is 5.26 Å². The summed E-state index contributed by atoms with van der Waals surface area (Å²) >= 11 is 1.31. The van der Waals surface area contributed by atoms with E-state index in [1.165, 1.54) is 30.4 Å². The zero-order valence-electron chi connectivity index (χ0n) is 13.6. The van der Waals surface area contributed by atoms with Crippen LogP contribution in [-0.2, 0) is 16.0 Å². The van der Waals surface area contributed by atoms with Crippen LogP contribution in [0.15, 0.2) is 36.4 Å². The number of thiophene rings is 1. The molecule has 2 rings (SSSR count). The molecule has 25 heavy (non-hydrogen) atoms. The van der Waals surface area contributed by atoms with E-state index < -0.39 is 5.97 Å². The highest BCUT2D eigenvalue weighted by atomic mass is 32.1. The first-order valence-corrected chi connectivity index (χ1v) is 8.35. The van der Waals surface area contributed by atoms with Crippen molar-refractivity contribution in [2.45, 2.75) is 13.3 Å². The molecular formula is C18H16N2O4S. The van der Waals surface area contributed by atoms with Crippen molar-refractivity contribution in [2.24, 2.45) is 0 Å². The Morgan fingerprint density at radius 2 is 2.04 bits per heavy atom. The van der Waals surface area contributed by atoms with Crippen molar-refractivity contribution in [1.82, 2.24) is 5.32 Å². The minimum Gasteiger partial charge on any atom is -0.454 e. The summed E-state index contributed by atoms with van der Waals surface area (Å²) in [7, 11) is 0. The second kappa shape index (κ2) is 8.76. The zero-order chi connectivity index (χ0) is 18.2. The normalized spacial score (nSPS) is 9.92. The minimum absolute atomic E-state index is 0.0970. The molecule has 0 saturated carbocycles. The third-order valence-electron chi connectivity index (χ3n) is 3.24. The predicted octanol–water partition coefficient (Wildman–Crippen LogP) is 2.34. The molecule has 0 bridgehead atoms. The van der Waals surface area contributed by atoms with Crippen LogP contribution in [0.3, 0.4) is 0 Å². The lowest BCUT2D eigenvalue weighted by Gasteiger charge is -2.03.